The first-order chi connectivity index (χ1) is 28.7. The van der Waals surface area contributed by atoms with Crippen molar-refractivity contribution in [2.45, 2.75) is 128 Å². The summed E-state index contributed by atoms with van der Waals surface area (Å²) < 4.78 is 55.6. The zero-order chi connectivity index (χ0) is 44.4. The number of nitrogens with zero attached hydrogens (tertiary/aromatic N) is 1. The van der Waals surface area contributed by atoms with Crippen LogP contribution >= 0.6 is 0 Å². The third kappa shape index (κ3) is 6.98. The molecule has 2 saturated carbocycles. The van der Waals surface area contributed by atoms with Crippen molar-refractivity contribution in [3.63, 3.8) is 0 Å². The number of ketones is 1. The van der Waals surface area contributed by atoms with Crippen LogP contribution in [0.25, 0.3) is 0 Å². The van der Waals surface area contributed by atoms with E-state index >= 15 is 4.79 Å². The topological polar surface area (TPSA) is 190 Å². The Balaban J connectivity index is 1.44. The molecule has 0 radical (unpaired) electrons. The number of ether oxygens (including phenoxy) is 7. The van der Waals surface area contributed by atoms with Crippen molar-refractivity contribution in [1.29, 1.82) is 0 Å². The Bertz CT molecular complexity index is 2130. The Morgan fingerprint density at radius 2 is 1.56 bits per heavy atom. The molecule has 1 N–H and O–H groups in total. The van der Waals surface area contributed by atoms with Crippen LogP contribution in [0.1, 0.15) is 90.2 Å². The van der Waals surface area contributed by atoms with E-state index in [0.29, 0.717) is 11.1 Å². The fourth-order valence-electron chi connectivity index (χ4n) is 11.1. The van der Waals surface area contributed by atoms with E-state index < -0.39 is 112 Å². The number of carbonyl (C=O) groups is 5. The molecule has 0 amide bonds. The summed E-state index contributed by atoms with van der Waals surface area (Å²) in [5, 5.41) is 13.9. The van der Waals surface area contributed by atoms with E-state index in [4.69, 9.17) is 33.2 Å². The van der Waals surface area contributed by atoms with Crippen LogP contribution in [-0.2, 0) is 57.0 Å². The van der Waals surface area contributed by atoms with Gasteiger partial charge < -0.3 is 14.2 Å². The van der Waals surface area contributed by atoms with E-state index in [1.165, 1.54) is 14.0 Å². The zero-order valence-corrected chi connectivity index (χ0v) is 36.0. The van der Waals surface area contributed by atoms with Crippen LogP contribution < -0.4 is 0 Å². The third-order valence-corrected chi connectivity index (χ3v) is 14.1. The maximum absolute atomic E-state index is 15.8. The van der Waals surface area contributed by atoms with Crippen molar-refractivity contribution >= 4 is 36.8 Å². The fourth-order valence-corrected chi connectivity index (χ4v) is 11.1. The van der Waals surface area contributed by atoms with E-state index in [0.717, 1.165) is 14.1 Å². The van der Waals surface area contributed by atoms with Crippen molar-refractivity contribution in [3.8, 4) is 0 Å². The number of fused-ring (bicyclic) bond motifs is 5. The number of aliphatic hydroxyl groups is 1. The molecule has 2 aromatic rings. The maximum atomic E-state index is 15.8. The van der Waals surface area contributed by atoms with E-state index in [-0.39, 0.29) is 30.6 Å². The second kappa shape index (κ2) is 15.9. The molecule has 2 heterocycles. The van der Waals surface area contributed by atoms with Gasteiger partial charge in [0.15, 0.2) is 0 Å². The Morgan fingerprint density at radius 3 is 2.11 bits per heavy atom. The number of benzene rings is 2. The quantitative estimate of drug-likeness (QED) is 0.156. The van der Waals surface area contributed by atoms with Crippen LogP contribution in [0, 0.1) is 16.7 Å². The Kier molecular flexibility index (Phi) is 11.6. The predicted molar refractivity (Wildman–Crippen MR) is 215 cm³/mol. The predicted octanol–water partition coefficient (Wildman–Crippen LogP) is 4.04. The Morgan fingerprint density at radius 1 is 0.918 bits per heavy atom. The van der Waals surface area contributed by atoms with Crippen LogP contribution in [-0.4, -0.2) is 121 Å². The van der Waals surface area contributed by atoms with Crippen LogP contribution in [0.4, 0.5) is 0 Å². The molecule has 4 fully saturated rings. The molecule has 5 aliphatic rings. The number of hydrogen-bond acceptors (Lipinski definition) is 15. The zero-order valence-electron chi connectivity index (χ0n) is 36.0. The van der Waals surface area contributed by atoms with E-state index in [2.05, 4.69) is 0 Å². The van der Waals surface area contributed by atoms with E-state index in [9.17, 15) is 29.0 Å². The first-order valence-corrected chi connectivity index (χ1v) is 20.6. The second-order valence-corrected chi connectivity index (χ2v) is 18.0. The van der Waals surface area contributed by atoms with Gasteiger partial charge in [0.2, 0.25) is 0 Å². The molecule has 7 rings (SSSR count). The average molecular weight is 844 g/mol. The second-order valence-electron chi connectivity index (χ2n) is 18.0. The molecule has 2 aliphatic heterocycles. The number of Topliss-reactive ketones (excluding diaryl/α,β-unsaturated/α-hetero) is 1. The molecular weight excluding hydrogens is 789 g/mol. The molecule has 0 spiro atoms. The summed E-state index contributed by atoms with van der Waals surface area (Å²) in [7, 11) is 2.14. The number of rotatable bonds is 10. The molecule has 2 saturated heterocycles. The van der Waals surface area contributed by atoms with Gasteiger partial charge in [-0.3, -0.25) is 9.59 Å². The number of esters is 4. The minimum absolute atomic E-state index is 0.0607. The van der Waals surface area contributed by atoms with Crippen LogP contribution in [0.15, 0.2) is 71.8 Å². The Hall–Kier alpha value is -4.61. The third-order valence-electron chi connectivity index (χ3n) is 14.1. The van der Waals surface area contributed by atoms with Gasteiger partial charge >= 0.3 is 239 Å². The summed E-state index contributed by atoms with van der Waals surface area (Å²) in [5.74, 6) is -5.24. The van der Waals surface area contributed by atoms with Crippen molar-refractivity contribution in [1.82, 2.24) is 4.90 Å². The molecule has 16 heteroatoms. The van der Waals surface area contributed by atoms with Gasteiger partial charge in [0.1, 0.15) is 6.10 Å². The van der Waals surface area contributed by atoms with Crippen molar-refractivity contribution in [2.24, 2.45) is 16.7 Å². The first kappa shape index (κ1) is 44.5. The van der Waals surface area contributed by atoms with Crippen LogP contribution in [0.5, 0.6) is 0 Å². The van der Waals surface area contributed by atoms with Gasteiger partial charge in [0.05, 0.1) is 18.3 Å². The SMILES string of the molecule is COC1CC2OCC2(OC(C)=O)C2C(OC(=O)c3ccccc3)C3(O)CC(OC(=O)C4OC(C)(C)N(CB=O)C4c4ccccc4)C(C)=C(C(OC(C)=O)C(=O)[C@]12C)C3(C)C. The van der Waals surface area contributed by atoms with Crippen molar-refractivity contribution in [2.75, 3.05) is 20.2 Å². The molecule has 3 aliphatic carbocycles. The van der Waals surface area contributed by atoms with Gasteiger partial charge in [0, 0.05) is 27.4 Å². The monoisotopic (exact) mass is 843 g/mol. The minimum atomic E-state index is -2.26. The van der Waals surface area contributed by atoms with Crippen LogP contribution in [0.2, 0.25) is 0 Å². The summed E-state index contributed by atoms with van der Waals surface area (Å²) in [4.78, 5) is 72.8. The molecule has 15 nitrogen and oxygen atoms in total. The van der Waals surface area contributed by atoms with Crippen molar-refractivity contribution in [3.05, 3.63) is 82.9 Å². The standard InChI is InChI=1S/C45H54BNO14/c1-24-29(58-40(52)35-33(27-16-12-10-13-17-27)47(23-46-54)42(6,7)61-35)21-45(53)38(59-39(51)28-18-14-11-15-19-28)36-43(8,37(50)34(57-25(2)48)32(24)41(45,4)5)30(55-9)20-31-44(36,22-56-31)60-26(3)49/h10-19,29-31,33-36,38,53H,20-23H2,1-9H3/t29?,30?,31?,33?,34?,35?,36?,38?,43-,44?,45?/m1/s1. The molecule has 326 valence electrons. The molecule has 10 unspecified atom stereocenters. The number of carbonyl (C=O) groups excluding carboxylic acids is 5. The molecule has 61 heavy (non-hydrogen) atoms. The average Bonchev–Trinajstić information content (AvgIpc) is 3.47. The van der Waals surface area contributed by atoms with E-state index in [1.54, 1.807) is 88.9 Å². The summed E-state index contributed by atoms with van der Waals surface area (Å²) in [6, 6.07) is 16.4. The van der Waals surface area contributed by atoms with E-state index in [1.807, 2.05) is 18.2 Å². The number of hydrogen-bond donors (Lipinski definition) is 1. The Labute approximate surface area is 355 Å². The van der Waals surface area contributed by atoms with Crippen LogP contribution in [0.3, 0.4) is 0 Å². The summed E-state index contributed by atoms with van der Waals surface area (Å²) in [6.07, 6.45) is -8.19. The molecule has 0 aromatic heterocycles. The first-order valence-electron chi connectivity index (χ1n) is 20.6. The van der Waals surface area contributed by atoms with Gasteiger partial charge in [-0.05, 0) is 19.1 Å². The number of methoxy groups -OCH3 is 1. The normalized spacial score (nSPS) is 36.1. The molecule has 11 atom stereocenters. The van der Waals surface area contributed by atoms with Gasteiger partial charge in [-0.1, -0.05) is 18.2 Å². The molecule has 2 aromatic carbocycles. The molecular formula is C45H54BNO14. The van der Waals surface area contributed by atoms with Gasteiger partial charge in [-0.25, -0.2) is 4.79 Å². The van der Waals surface area contributed by atoms with Gasteiger partial charge in [-0.2, -0.15) is 0 Å². The summed E-state index contributed by atoms with van der Waals surface area (Å²) in [6.45, 7) is 12.2. The summed E-state index contributed by atoms with van der Waals surface area (Å²) >= 11 is 0. The van der Waals surface area contributed by atoms with Gasteiger partial charge in [-0.15, -0.1) is 0 Å². The van der Waals surface area contributed by atoms with Gasteiger partial charge in [0.25, 0.3) is 0 Å². The van der Waals surface area contributed by atoms with Crippen molar-refractivity contribution < 1.29 is 66.9 Å². The summed E-state index contributed by atoms with van der Waals surface area (Å²) in [5.41, 5.74) is -7.08. The fraction of sp³-hybridized carbons (Fsp3) is 0.578. The molecule has 2 bridgehead atoms.